The fraction of sp³-hybridized carbons (Fsp3) is 0.474. The molecule has 0 spiro atoms. The Morgan fingerprint density at radius 3 is 2.70 bits per heavy atom. The van der Waals surface area contributed by atoms with Crippen LogP contribution in [0.4, 0.5) is 0 Å². The van der Waals surface area contributed by atoms with Gasteiger partial charge in [0.15, 0.2) is 5.82 Å². The van der Waals surface area contributed by atoms with E-state index in [1.54, 1.807) is 11.8 Å². The normalized spacial score (nSPS) is 16.4. The summed E-state index contributed by atoms with van der Waals surface area (Å²) in [5, 5.41) is 1.55. The van der Waals surface area contributed by atoms with Crippen molar-refractivity contribution in [3.05, 3.63) is 41.1 Å². The van der Waals surface area contributed by atoms with Crippen LogP contribution in [0.25, 0.3) is 11.4 Å². The van der Waals surface area contributed by atoms with Crippen molar-refractivity contribution >= 4 is 11.8 Å². The zero-order chi connectivity index (χ0) is 16.6. The minimum atomic E-state index is -0.162. The molecule has 0 saturated carbocycles. The number of benzene rings is 1. The van der Waals surface area contributed by atoms with Gasteiger partial charge in [-0.2, -0.15) is 0 Å². The van der Waals surface area contributed by atoms with Crippen LogP contribution in [0.2, 0.25) is 0 Å². The zero-order valence-corrected chi connectivity index (χ0v) is 15.3. The van der Waals surface area contributed by atoms with Crippen molar-refractivity contribution in [2.45, 2.75) is 63.5 Å². The Kier molecular flexibility index (Phi) is 4.47. The first-order valence-corrected chi connectivity index (χ1v) is 8.99. The van der Waals surface area contributed by atoms with E-state index in [-0.39, 0.29) is 5.60 Å². The van der Waals surface area contributed by atoms with E-state index in [4.69, 9.17) is 14.7 Å². The molecule has 0 atom stereocenters. The molecule has 1 aliphatic rings. The highest BCUT2D eigenvalue weighted by atomic mass is 32.2. The largest absolute Gasteiger partial charge is 0.370 e. The number of aromatic nitrogens is 2. The van der Waals surface area contributed by atoms with Crippen molar-refractivity contribution in [2.24, 2.45) is 0 Å². The van der Waals surface area contributed by atoms with Gasteiger partial charge < -0.3 is 4.74 Å². The topological polar surface area (TPSA) is 35.0 Å². The van der Waals surface area contributed by atoms with Crippen molar-refractivity contribution in [3.63, 3.8) is 0 Å². The number of hydrogen-bond acceptors (Lipinski definition) is 4. The highest BCUT2D eigenvalue weighted by Crippen LogP contribution is 2.35. The van der Waals surface area contributed by atoms with Crippen LogP contribution in [-0.4, -0.2) is 20.8 Å². The molecule has 0 N–H and O–H groups in total. The first-order valence-electron chi connectivity index (χ1n) is 8.11. The second-order valence-electron chi connectivity index (χ2n) is 7.04. The van der Waals surface area contributed by atoms with Gasteiger partial charge in [-0.25, -0.2) is 9.97 Å². The van der Waals surface area contributed by atoms with Gasteiger partial charge in [-0.15, -0.1) is 11.8 Å². The molecule has 23 heavy (non-hydrogen) atoms. The fourth-order valence-electron chi connectivity index (χ4n) is 2.75. The third-order valence-electron chi connectivity index (χ3n) is 3.88. The average molecular weight is 328 g/mol. The lowest BCUT2D eigenvalue weighted by molar-refractivity contribution is -0.0428. The van der Waals surface area contributed by atoms with Gasteiger partial charge in [0.05, 0.1) is 17.9 Å². The summed E-state index contributed by atoms with van der Waals surface area (Å²) in [5.41, 5.74) is 4.45. The van der Waals surface area contributed by atoms with Crippen molar-refractivity contribution < 1.29 is 4.74 Å². The summed E-state index contributed by atoms with van der Waals surface area (Å²) in [5.74, 6) is 0.827. The maximum Gasteiger partial charge on any atom is 0.160 e. The van der Waals surface area contributed by atoms with Gasteiger partial charge in [0.25, 0.3) is 0 Å². The van der Waals surface area contributed by atoms with E-state index in [0.29, 0.717) is 11.9 Å². The summed E-state index contributed by atoms with van der Waals surface area (Å²) in [7, 11) is 0. The lowest BCUT2D eigenvalue weighted by atomic mass is 9.96. The summed E-state index contributed by atoms with van der Waals surface area (Å²) in [6.07, 6.45) is 0.829. The first-order chi connectivity index (χ1) is 10.8. The smallest absolute Gasteiger partial charge is 0.160 e. The molecule has 0 fully saturated rings. The Labute approximate surface area is 142 Å². The molecular weight excluding hydrogens is 304 g/mol. The van der Waals surface area contributed by atoms with Gasteiger partial charge in [0.2, 0.25) is 0 Å². The highest BCUT2D eigenvalue weighted by Gasteiger charge is 2.30. The number of thioether (sulfide) groups is 1. The van der Waals surface area contributed by atoms with Crippen LogP contribution in [0.15, 0.2) is 29.3 Å². The second kappa shape index (κ2) is 6.25. The van der Waals surface area contributed by atoms with Crippen LogP contribution in [0, 0.1) is 6.92 Å². The van der Waals surface area contributed by atoms with E-state index in [1.165, 1.54) is 11.1 Å². The molecule has 1 aromatic carbocycles. The van der Waals surface area contributed by atoms with Crippen LogP contribution in [0.3, 0.4) is 0 Å². The summed E-state index contributed by atoms with van der Waals surface area (Å²) < 4.78 is 5.99. The van der Waals surface area contributed by atoms with Crippen molar-refractivity contribution in [3.8, 4) is 11.4 Å². The van der Waals surface area contributed by atoms with Gasteiger partial charge in [-0.3, -0.25) is 0 Å². The van der Waals surface area contributed by atoms with Gasteiger partial charge in [0, 0.05) is 22.8 Å². The Hall–Kier alpha value is -1.39. The Morgan fingerprint density at radius 2 is 2.00 bits per heavy atom. The van der Waals surface area contributed by atoms with E-state index >= 15 is 0 Å². The van der Waals surface area contributed by atoms with Gasteiger partial charge in [-0.1, -0.05) is 37.6 Å². The van der Waals surface area contributed by atoms with Gasteiger partial charge >= 0.3 is 0 Å². The average Bonchev–Trinajstić information content (AvgIpc) is 2.45. The molecule has 3 rings (SSSR count). The Bertz CT molecular complexity index is 708. The molecule has 0 unspecified atom stereocenters. The molecule has 0 radical (unpaired) electrons. The van der Waals surface area contributed by atoms with Gasteiger partial charge in [-0.05, 0) is 26.8 Å². The lowest BCUT2D eigenvalue weighted by Crippen LogP contribution is -2.33. The van der Waals surface area contributed by atoms with Crippen LogP contribution < -0.4 is 0 Å². The van der Waals surface area contributed by atoms with E-state index in [9.17, 15) is 0 Å². The Balaban J connectivity index is 2.11. The summed E-state index contributed by atoms with van der Waals surface area (Å²) in [4.78, 5) is 9.74. The van der Waals surface area contributed by atoms with E-state index < -0.39 is 0 Å². The predicted octanol–water partition coefficient (Wildman–Crippen LogP) is 4.80. The molecule has 3 nitrogen and oxygen atoms in total. The van der Waals surface area contributed by atoms with Crippen LogP contribution >= 0.6 is 11.8 Å². The minimum absolute atomic E-state index is 0.162. The predicted molar refractivity (Wildman–Crippen MR) is 95.8 cm³/mol. The lowest BCUT2D eigenvalue weighted by Gasteiger charge is -2.32. The molecule has 1 aliphatic heterocycles. The molecule has 2 heterocycles. The maximum atomic E-state index is 5.99. The van der Waals surface area contributed by atoms with Crippen LogP contribution in [0.5, 0.6) is 0 Å². The Morgan fingerprint density at radius 1 is 1.22 bits per heavy atom. The molecule has 0 aliphatic carbocycles. The first kappa shape index (κ1) is 16.5. The summed E-state index contributed by atoms with van der Waals surface area (Å²) in [6.45, 7) is 11.3. The van der Waals surface area contributed by atoms with Crippen molar-refractivity contribution in [1.82, 2.24) is 9.97 Å². The fourth-order valence-corrected chi connectivity index (χ4v) is 3.66. The number of fused-ring (bicyclic) bond motifs is 1. The quantitative estimate of drug-likeness (QED) is 0.598. The summed E-state index contributed by atoms with van der Waals surface area (Å²) >= 11 is 1.80. The third kappa shape index (κ3) is 3.75. The number of nitrogens with zero attached hydrogens (tertiary/aromatic N) is 2. The number of ether oxygens (including phenoxy) is 1. The highest BCUT2D eigenvalue weighted by molar-refractivity contribution is 7.99. The molecule has 4 heteroatoms. The van der Waals surface area contributed by atoms with Crippen LogP contribution in [-0.2, 0) is 17.8 Å². The molecule has 0 bridgehead atoms. The second-order valence-corrected chi connectivity index (χ2v) is 8.60. The summed E-state index contributed by atoms with van der Waals surface area (Å²) in [6, 6.07) is 8.40. The number of hydrogen-bond donors (Lipinski definition) is 0. The molecule has 122 valence electrons. The molecular formula is C19H24N2OS. The standard InChI is InChI=1S/C19H24N2OS/c1-12(2)23-18-15-11-22-19(4,5)10-16(15)20-17(21-18)14-8-6-7-13(3)9-14/h6-9,12H,10-11H2,1-5H3. The van der Waals surface area contributed by atoms with Gasteiger partial charge in [0.1, 0.15) is 5.03 Å². The van der Waals surface area contributed by atoms with E-state index in [2.05, 4.69) is 58.9 Å². The van der Waals surface area contributed by atoms with Crippen molar-refractivity contribution in [1.29, 1.82) is 0 Å². The van der Waals surface area contributed by atoms with E-state index in [0.717, 1.165) is 28.5 Å². The van der Waals surface area contributed by atoms with Crippen molar-refractivity contribution in [2.75, 3.05) is 0 Å². The zero-order valence-electron chi connectivity index (χ0n) is 14.5. The minimum Gasteiger partial charge on any atom is -0.370 e. The van der Waals surface area contributed by atoms with Crippen LogP contribution in [0.1, 0.15) is 44.5 Å². The monoisotopic (exact) mass is 328 g/mol. The molecule has 0 saturated heterocycles. The SMILES string of the molecule is Cc1cccc(-c2nc3c(c(SC(C)C)n2)COC(C)(C)C3)c1. The number of rotatable bonds is 3. The number of aryl methyl sites for hydroxylation is 1. The molecule has 2 aromatic rings. The van der Waals surface area contributed by atoms with E-state index in [1.807, 2.05) is 0 Å². The third-order valence-corrected chi connectivity index (χ3v) is 4.91. The molecule has 1 aromatic heterocycles. The molecule has 0 amide bonds. The maximum absolute atomic E-state index is 5.99.